The van der Waals surface area contributed by atoms with Gasteiger partial charge in [0.15, 0.2) is 0 Å². The van der Waals surface area contributed by atoms with Crippen molar-refractivity contribution in [3.63, 3.8) is 0 Å². The van der Waals surface area contributed by atoms with E-state index in [-0.39, 0.29) is 0 Å². The molecule has 16 heavy (non-hydrogen) atoms. The number of benzene rings is 1. The molecule has 1 aliphatic rings. The summed E-state index contributed by atoms with van der Waals surface area (Å²) < 4.78 is 0. The lowest BCUT2D eigenvalue weighted by Crippen LogP contribution is -2.34. The van der Waals surface area contributed by atoms with Crippen LogP contribution in [-0.4, -0.2) is 11.0 Å². The lowest BCUT2D eigenvalue weighted by atomic mass is 9.93. The van der Waals surface area contributed by atoms with E-state index in [0.29, 0.717) is 0 Å². The smallest absolute Gasteiger partial charge is 0.0458 e. The Labute approximate surface area is 95.0 Å². The summed E-state index contributed by atoms with van der Waals surface area (Å²) in [6, 6.07) is 6.74. The van der Waals surface area contributed by atoms with Crippen LogP contribution in [0.4, 0.5) is 5.69 Å². The lowest BCUT2D eigenvalue weighted by Gasteiger charge is -2.26. The molecule has 1 aliphatic carbocycles. The monoisotopic (exact) mass is 215 g/mol. The predicted octanol–water partition coefficient (Wildman–Crippen LogP) is 2.39. The molecule has 3 heteroatoms. The van der Waals surface area contributed by atoms with Crippen LogP contribution in [0, 0.1) is 0 Å². The highest BCUT2D eigenvalue weighted by molar-refractivity contribution is 5.86. The number of hydrogen-bond acceptors (Lipinski definition) is 2. The van der Waals surface area contributed by atoms with Gasteiger partial charge in [0.25, 0.3) is 0 Å². The van der Waals surface area contributed by atoms with Gasteiger partial charge in [-0.15, -0.1) is 0 Å². The molecule has 0 unspecified atom stereocenters. The summed E-state index contributed by atoms with van der Waals surface area (Å²) in [5.74, 6) is 0. The molecule has 3 rings (SSSR count). The van der Waals surface area contributed by atoms with E-state index in [1.165, 1.54) is 35.7 Å². The van der Waals surface area contributed by atoms with Gasteiger partial charge in [0, 0.05) is 35.4 Å². The summed E-state index contributed by atoms with van der Waals surface area (Å²) in [6.45, 7) is 0.939. The van der Waals surface area contributed by atoms with Crippen molar-refractivity contribution in [1.29, 1.82) is 0 Å². The third kappa shape index (κ3) is 1.67. The quantitative estimate of drug-likeness (QED) is 0.689. The minimum absolute atomic E-state index is 0.728. The van der Waals surface area contributed by atoms with Gasteiger partial charge in [0.05, 0.1) is 0 Å². The Morgan fingerprint density at radius 3 is 3.00 bits per heavy atom. The molecule has 2 aromatic rings. The summed E-state index contributed by atoms with van der Waals surface area (Å²) in [7, 11) is 0. The van der Waals surface area contributed by atoms with Gasteiger partial charge in [0.2, 0.25) is 0 Å². The Balaban J connectivity index is 1.82. The fourth-order valence-electron chi connectivity index (χ4n) is 2.21. The third-order valence-electron chi connectivity index (χ3n) is 3.48. The van der Waals surface area contributed by atoms with Gasteiger partial charge in [-0.05, 0) is 36.6 Å². The van der Waals surface area contributed by atoms with Gasteiger partial charge in [-0.25, -0.2) is 0 Å². The van der Waals surface area contributed by atoms with E-state index in [9.17, 15) is 0 Å². The number of anilines is 1. The van der Waals surface area contributed by atoms with Crippen molar-refractivity contribution in [3.8, 4) is 0 Å². The van der Waals surface area contributed by atoms with Crippen molar-refractivity contribution in [1.82, 2.24) is 10.3 Å². The predicted molar refractivity (Wildman–Crippen MR) is 67.2 cm³/mol. The molecule has 1 heterocycles. The van der Waals surface area contributed by atoms with Crippen LogP contribution in [0.3, 0.4) is 0 Å². The molecule has 0 saturated heterocycles. The van der Waals surface area contributed by atoms with Gasteiger partial charge in [-0.1, -0.05) is 6.42 Å². The standard InChI is InChI=1S/C13H17N3/c14-10-4-5-13-12(6-10)9(8-16-13)7-15-11-2-1-3-11/h4-6,8,11,15-16H,1-3,7,14H2. The highest BCUT2D eigenvalue weighted by Gasteiger charge is 2.16. The van der Waals surface area contributed by atoms with Crippen molar-refractivity contribution >= 4 is 16.6 Å². The van der Waals surface area contributed by atoms with E-state index in [2.05, 4.69) is 16.5 Å². The molecule has 1 saturated carbocycles. The fourth-order valence-corrected chi connectivity index (χ4v) is 2.21. The van der Waals surface area contributed by atoms with Crippen LogP contribution in [0.2, 0.25) is 0 Å². The van der Waals surface area contributed by atoms with Crippen molar-refractivity contribution < 1.29 is 0 Å². The summed E-state index contributed by atoms with van der Waals surface area (Å²) >= 11 is 0. The van der Waals surface area contributed by atoms with Crippen LogP contribution in [0.1, 0.15) is 24.8 Å². The Bertz CT molecular complexity index is 497. The maximum absolute atomic E-state index is 5.81. The molecule has 4 N–H and O–H groups in total. The molecular formula is C13H17N3. The molecule has 1 aromatic heterocycles. The average molecular weight is 215 g/mol. The molecule has 0 atom stereocenters. The van der Waals surface area contributed by atoms with Crippen molar-refractivity contribution in [3.05, 3.63) is 30.0 Å². The number of nitrogens with two attached hydrogens (primary N) is 1. The van der Waals surface area contributed by atoms with Crippen molar-refractivity contribution in [2.75, 3.05) is 5.73 Å². The molecule has 1 aromatic carbocycles. The fraction of sp³-hybridized carbons (Fsp3) is 0.385. The van der Waals surface area contributed by atoms with Gasteiger partial charge < -0.3 is 16.0 Å². The van der Waals surface area contributed by atoms with Crippen LogP contribution >= 0.6 is 0 Å². The van der Waals surface area contributed by atoms with Crippen LogP contribution in [-0.2, 0) is 6.54 Å². The highest BCUT2D eigenvalue weighted by Crippen LogP contribution is 2.23. The van der Waals surface area contributed by atoms with Gasteiger partial charge in [0.1, 0.15) is 0 Å². The topological polar surface area (TPSA) is 53.8 Å². The van der Waals surface area contributed by atoms with E-state index in [1.807, 2.05) is 18.2 Å². The van der Waals surface area contributed by atoms with Crippen LogP contribution in [0.25, 0.3) is 10.9 Å². The van der Waals surface area contributed by atoms with Crippen LogP contribution in [0.5, 0.6) is 0 Å². The Morgan fingerprint density at radius 1 is 1.38 bits per heavy atom. The second-order valence-electron chi connectivity index (χ2n) is 4.63. The minimum atomic E-state index is 0.728. The molecule has 0 radical (unpaired) electrons. The molecule has 0 spiro atoms. The first-order chi connectivity index (χ1) is 7.83. The molecule has 0 aliphatic heterocycles. The zero-order chi connectivity index (χ0) is 11.0. The van der Waals surface area contributed by atoms with Gasteiger partial charge >= 0.3 is 0 Å². The third-order valence-corrected chi connectivity index (χ3v) is 3.48. The summed E-state index contributed by atoms with van der Waals surface area (Å²) in [4.78, 5) is 3.28. The second-order valence-corrected chi connectivity index (χ2v) is 4.63. The van der Waals surface area contributed by atoms with Crippen LogP contribution < -0.4 is 11.1 Å². The highest BCUT2D eigenvalue weighted by atomic mass is 14.9. The summed E-state index contributed by atoms with van der Waals surface area (Å²) in [5.41, 5.74) is 9.12. The Hall–Kier alpha value is -1.48. The van der Waals surface area contributed by atoms with Crippen LogP contribution in [0.15, 0.2) is 24.4 Å². The first kappa shape index (κ1) is 9.73. The van der Waals surface area contributed by atoms with E-state index in [0.717, 1.165) is 18.3 Å². The molecule has 3 nitrogen and oxygen atoms in total. The number of nitrogens with one attached hydrogen (secondary N) is 2. The zero-order valence-electron chi connectivity index (χ0n) is 9.29. The molecule has 84 valence electrons. The zero-order valence-corrected chi connectivity index (χ0v) is 9.29. The number of rotatable bonds is 3. The Morgan fingerprint density at radius 2 is 2.25 bits per heavy atom. The number of nitrogen functional groups attached to an aromatic ring is 1. The molecular weight excluding hydrogens is 198 g/mol. The number of aromatic nitrogens is 1. The van der Waals surface area contributed by atoms with Crippen molar-refractivity contribution in [2.45, 2.75) is 31.8 Å². The molecule has 0 amide bonds. The number of fused-ring (bicyclic) bond motifs is 1. The SMILES string of the molecule is Nc1ccc2[nH]cc(CNC3CCC3)c2c1. The van der Waals surface area contributed by atoms with Gasteiger partial charge in [-0.2, -0.15) is 0 Å². The van der Waals surface area contributed by atoms with E-state index in [4.69, 9.17) is 5.73 Å². The maximum atomic E-state index is 5.81. The number of hydrogen-bond donors (Lipinski definition) is 3. The van der Waals surface area contributed by atoms with E-state index < -0.39 is 0 Å². The molecule has 1 fully saturated rings. The average Bonchev–Trinajstić information content (AvgIpc) is 2.59. The van der Waals surface area contributed by atoms with E-state index >= 15 is 0 Å². The van der Waals surface area contributed by atoms with Gasteiger partial charge in [-0.3, -0.25) is 0 Å². The normalized spacial score (nSPS) is 16.5. The second kappa shape index (κ2) is 3.83. The lowest BCUT2D eigenvalue weighted by molar-refractivity contribution is 0.338. The first-order valence-corrected chi connectivity index (χ1v) is 5.92. The maximum Gasteiger partial charge on any atom is 0.0458 e. The number of H-pyrrole nitrogens is 1. The number of aromatic amines is 1. The first-order valence-electron chi connectivity index (χ1n) is 5.92. The largest absolute Gasteiger partial charge is 0.399 e. The minimum Gasteiger partial charge on any atom is -0.399 e. The summed E-state index contributed by atoms with van der Waals surface area (Å²) in [6.07, 6.45) is 6.10. The van der Waals surface area contributed by atoms with Crippen molar-refractivity contribution in [2.24, 2.45) is 0 Å². The molecule has 0 bridgehead atoms. The Kier molecular flexibility index (Phi) is 2.33. The van der Waals surface area contributed by atoms with E-state index in [1.54, 1.807) is 0 Å². The summed E-state index contributed by atoms with van der Waals surface area (Å²) in [5, 5.41) is 4.81.